The molecule has 0 aliphatic rings. The maximum atomic E-state index is 10.1. The van der Waals surface area contributed by atoms with E-state index in [9.17, 15) is 4.79 Å². The Hall–Kier alpha value is -0.410. The number of rotatable bonds is 3. The zero-order chi connectivity index (χ0) is 5.70. The van der Waals surface area contributed by atoms with Crippen molar-refractivity contribution < 1.29 is 9.90 Å². The largest absolute Gasteiger partial charge is 0.389 e. The van der Waals surface area contributed by atoms with Crippen LogP contribution in [0.3, 0.4) is 0 Å². The van der Waals surface area contributed by atoms with Gasteiger partial charge in [0.2, 0.25) is 0 Å². The molecule has 0 aromatic carbocycles. The van der Waals surface area contributed by atoms with Gasteiger partial charge in [0.05, 0.1) is 6.54 Å². The molecule has 0 saturated carbocycles. The first-order valence-corrected chi connectivity index (χ1v) is 2.08. The molecule has 0 radical (unpaired) electrons. The number of likely N-dealkylation sites (N-methyl/N-ethyl adjacent to an activating group) is 1. The number of aliphatic hydroxyl groups is 1. The molecule has 0 amide bonds. The average molecular weight is 103 g/mol. The summed E-state index contributed by atoms with van der Waals surface area (Å²) >= 11 is 0. The lowest BCUT2D eigenvalue weighted by molar-refractivity contribution is -0.120. The lowest BCUT2D eigenvalue weighted by atomic mass is 10.4. The minimum Gasteiger partial charge on any atom is -0.389 e. The van der Waals surface area contributed by atoms with Gasteiger partial charge in [-0.15, -0.1) is 0 Å². The second-order valence-electron chi connectivity index (χ2n) is 1.23. The molecule has 0 atom stereocenters. The lowest BCUT2D eigenvalue weighted by Crippen LogP contribution is -2.20. The molecular formula is C4H9NO2. The van der Waals surface area contributed by atoms with Gasteiger partial charge in [-0.25, -0.2) is 0 Å². The fourth-order valence-corrected chi connectivity index (χ4v) is 0.253. The molecule has 0 heterocycles. The topological polar surface area (TPSA) is 49.3 Å². The molecule has 3 heteroatoms. The van der Waals surface area contributed by atoms with Crippen LogP contribution < -0.4 is 5.32 Å². The summed E-state index contributed by atoms with van der Waals surface area (Å²) in [6.07, 6.45) is 0. The van der Waals surface area contributed by atoms with Crippen molar-refractivity contribution in [3.63, 3.8) is 0 Å². The molecule has 0 bridgehead atoms. The molecule has 0 unspecified atom stereocenters. The second kappa shape index (κ2) is 3.77. The van der Waals surface area contributed by atoms with Crippen molar-refractivity contribution in [2.24, 2.45) is 0 Å². The Bertz CT molecular complexity index is 62.7. The molecule has 42 valence electrons. The highest BCUT2D eigenvalue weighted by molar-refractivity contribution is 5.81. The molecule has 3 nitrogen and oxygen atoms in total. The maximum Gasteiger partial charge on any atom is 0.171 e. The standard InChI is InChI=1S/C4H9NO2/c1-5-2-4(7)3-6/h5-6H,2-3H2,1H3. The van der Waals surface area contributed by atoms with E-state index in [2.05, 4.69) is 5.32 Å². The number of aliphatic hydroxyl groups excluding tert-OH is 1. The molecule has 0 aliphatic carbocycles. The van der Waals surface area contributed by atoms with Gasteiger partial charge in [-0.3, -0.25) is 4.79 Å². The van der Waals surface area contributed by atoms with E-state index in [1.807, 2.05) is 0 Å². The molecule has 0 rings (SSSR count). The molecule has 2 N–H and O–H groups in total. The quantitative estimate of drug-likeness (QED) is 0.470. The Morgan fingerprint density at radius 1 is 1.86 bits per heavy atom. The Labute approximate surface area is 42.3 Å². The average Bonchev–Trinajstić information content (AvgIpc) is 1.68. The summed E-state index contributed by atoms with van der Waals surface area (Å²) in [5.41, 5.74) is 0. The minimum atomic E-state index is -0.360. The van der Waals surface area contributed by atoms with Crippen molar-refractivity contribution in [3.05, 3.63) is 0 Å². The van der Waals surface area contributed by atoms with Gasteiger partial charge in [-0.05, 0) is 7.05 Å². The van der Waals surface area contributed by atoms with Crippen molar-refractivity contribution in [3.8, 4) is 0 Å². The van der Waals surface area contributed by atoms with Crippen molar-refractivity contribution in [2.75, 3.05) is 20.2 Å². The third-order valence-corrected chi connectivity index (χ3v) is 0.550. The van der Waals surface area contributed by atoms with Crippen molar-refractivity contribution >= 4 is 5.78 Å². The number of nitrogens with one attached hydrogen (secondary N) is 1. The van der Waals surface area contributed by atoms with E-state index in [1.165, 1.54) is 0 Å². The summed E-state index contributed by atoms with van der Waals surface area (Å²) in [6, 6.07) is 0. The smallest absolute Gasteiger partial charge is 0.171 e. The minimum absolute atomic E-state index is 0.178. The first-order valence-electron chi connectivity index (χ1n) is 2.08. The van der Waals surface area contributed by atoms with Crippen LogP contribution in [-0.2, 0) is 4.79 Å². The molecule has 0 aromatic heterocycles. The van der Waals surface area contributed by atoms with Crippen LogP contribution in [-0.4, -0.2) is 31.1 Å². The Kier molecular flexibility index (Phi) is 3.55. The normalized spacial score (nSPS) is 8.86. The van der Waals surface area contributed by atoms with Crippen LogP contribution in [0.25, 0.3) is 0 Å². The fourth-order valence-electron chi connectivity index (χ4n) is 0.253. The number of Topliss-reactive ketones (excluding diaryl/α,β-unsaturated/α-hetero) is 1. The van der Waals surface area contributed by atoms with Gasteiger partial charge < -0.3 is 10.4 Å². The SMILES string of the molecule is CNCC(=O)CO. The summed E-state index contributed by atoms with van der Waals surface area (Å²) in [7, 11) is 1.66. The fraction of sp³-hybridized carbons (Fsp3) is 0.750. The van der Waals surface area contributed by atoms with Gasteiger partial charge in [0.15, 0.2) is 5.78 Å². The number of carbonyl (C=O) groups is 1. The molecule has 7 heavy (non-hydrogen) atoms. The zero-order valence-electron chi connectivity index (χ0n) is 4.27. The van der Waals surface area contributed by atoms with Gasteiger partial charge in [0.25, 0.3) is 0 Å². The Balaban J connectivity index is 3.00. The highest BCUT2D eigenvalue weighted by Crippen LogP contribution is 1.60. The van der Waals surface area contributed by atoms with Gasteiger partial charge >= 0.3 is 0 Å². The van der Waals surface area contributed by atoms with E-state index in [1.54, 1.807) is 7.05 Å². The van der Waals surface area contributed by atoms with Crippen LogP contribution in [0.1, 0.15) is 0 Å². The predicted octanol–water partition coefficient (Wildman–Crippen LogP) is -1.23. The van der Waals surface area contributed by atoms with Crippen LogP contribution in [0.4, 0.5) is 0 Å². The predicted molar refractivity (Wildman–Crippen MR) is 26.0 cm³/mol. The van der Waals surface area contributed by atoms with E-state index in [0.29, 0.717) is 0 Å². The van der Waals surface area contributed by atoms with Crippen molar-refractivity contribution in [1.82, 2.24) is 5.32 Å². The summed E-state index contributed by atoms with van der Waals surface area (Å²) in [5.74, 6) is -0.178. The number of hydrogen-bond donors (Lipinski definition) is 2. The summed E-state index contributed by atoms with van der Waals surface area (Å²) in [4.78, 5) is 10.1. The van der Waals surface area contributed by atoms with E-state index < -0.39 is 0 Å². The van der Waals surface area contributed by atoms with Crippen LogP contribution in [0, 0.1) is 0 Å². The highest BCUT2D eigenvalue weighted by atomic mass is 16.3. The van der Waals surface area contributed by atoms with Crippen LogP contribution >= 0.6 is 0 Å². The van der Waals surface area contributed by atoms with E-state index in [4.69, 9.17) is 5.11 Å². The zero-order valence-corrected chi connectivity index (χ0v) is 4.27. The highest BCUT2D eigenvalue weighted by Gasteiger charge is 1.92. The Morgan fingerprint density at radius 2 is 2.43 bits per heavy atom. The lowest BCUT2D eigenvalue weighted by Gasteiger charge is -1.89. The van der Waals surface area contributed by atoms with Gasteiger partial charge in [0, 0.05) is 0 Å². The van der Waals surface area contributed by atoms with Gasteiger partial charge in [-0.2, -0.15) is 0 Å². The van der Waals surface area contributed by atoms with Crippen LogP contribution in [0.5, 0.6) is 0 Å². The first kappa shape index (κ1) is 6.59. The van der Waals surface area contributed by atoms with Gasteiger partial charge in [0.1, 0.15) is 6.61 Å². The molecule has 0 fully saturated rings. The van der Waals surface area contributed by atoms with Gasteiger partial charge in [-0.1, -0.05) is 0 Å². The van der Waals surface area contributed by atoms with Crippen molar-refractivity contribution in [1.29, 1.82) is 0 Å². The molecule has 0 aromatic rings. The Morgan fingerprint density at radius 3 is 2.57 bits per heavy atom. The second-order valence-corrected chi connectivity index (χ2v) is 1.23. The first-order chi connectivity index (χ1) is 3.31. The third kappa shape index (κ3) is 3.42. The maximum absolute atomic E-state index is 10.1. The van der Waals surface area contributed by atoms with E-state index in [0.717, 1.165) is 0 Å². The van der Waals surface area contributed by atoms with E-state index >= 15 is 0 Å². The number of carbonyl (C=O) groups excluding carboxylic acids is 1. The number of hydrogen-bond acceptors (Lipinski definition) is 3. The summed E-state index contributed by atoms with van der Waals surface area (Å²) in [5, 5.41) is 10.7. The molecule has 0 spiro atoms. The third-order valence-electron chi connectivity index (χ3n) is 0.550. The van der Waals surface area contributed by atoms with E-state index in [-0.39, 0.29) is 18.9 Å². The van der Waals surface area contributed by atoms with Crippen LogP contribution in [0.2, 0.25) is 0 Å². The molecule has 0 aliphatic heterocycles. The number of ketones is 1. The molecular weight excluding hydrogens is 94.0 g/mol. The van der Waals surface area contributed by atoms with Crippen molar-refractivity contribution in [2.45, 2.75) is 0 Å². The monoisotopic (exact) mass is 103 g/mol. The summed E-state index contributed by atoms with van der Waals surface area (Å²) in [6.45, 7) is -0.0999. The molecule has 0 saturated heterocycles. The summed E-state index contributed by atoms with van der Waals surface area (Å²) < 4.78 is 0. The van der Waals surface area contributed by atoms with Crippen LogP contribution in [0.15, 0.2) is 0 Å².